The van der Waals surface area contributed by atoms with Gasteiger partial charge in [-0.3, -0.25) is 0 Å². The average Bonchev–Trinajstić information content (AvgIpc) is 2.53. The van der Waals surface area contributed by atoms with Crippen LogP contribution in [0.5, 0.6) is 5.75 Å². The third-order valence-corrected chi connectivity index (χ3v) is 3.41. The molecule has 21 heavy (non-hydrogen) atoms. The summed E-state index contributed by atoms with van der Waals surface area (Å²) in [7, 11) is 1.63. The number of halogens is 2. The Morgan fingerprint density at radius 1 is 1.05 bits per heavy atom. The van der Waals surface area contributed by atoms with Crippen LogP contribution in [-0.4, -0.2) is 7.11 Å². The molecule has 0 aliphatic carbocycles. The lowest BCUT2D eigenvalue weighted by Crippen LogP contribution is -2.18. The number of hydrogen-bond acceptors (Lipinski definition) is 2. The molecular weight excluding hydrogens is 272 g/mol. The first kappa shape index (κ1) is 15.4. The maximum Gasteiger partial charge on any atom is 0.263 e. The molecule has 0 amide bonds. The van der Waals surface area contributed by atoms with Crippen molar-refractivity contribution in [3.05, 3.63) is 65.2 Å². The predicted octanol–water partition coefficient (Wildman–Crippen LogP) is 4.48. The van der Waals surface area contributed by atoms with Gasteiger partial charge in [-0.05, 0) is 36.2 Å². The van der Waals surface area contributed by atoms with Gasteiger partial charge in [0.05, 0.1) is 7.11 Å². The minimum absolute atomic E-state index is 0.0586. The summed E-state index contributed by atoms with van der Waals surface area (Å²) >= 11 is 0. The molecule has 0 saturated heterocycles. The first-order valence-corrected chi connectivity index (χ1v) is 6.84. The van der Waals surface area contributed by atoms with Crippen LogP contribution in [-0.2, 0) is 6.54 Å². The van der Waals surface area contributed by atoms with Crippen molar-refractivity contribution < 1.29 is 13.5 Å². The van der Waals surface area contributed by atoms with Crippen LogP contribution >= 0.6 is 0 Å². The molecule has 0 spiro atoms. The summed E-state index contributed by atoms with van der Waals surface area (Å²) < 4.78 is 30.5. The van der Waals surface area contributed by atoms with Crippen molar-refractivity contribution in [1.29, 1.82) is 0 Å². The van der Waals surface area contributed by atoms with E-state index < -0.39 is 6.43 Å². The zero-order valence-electron chi connectivity index (χ0n) is 12.1. The molecule has 2 aromatic rings. The fourth-order valence-electron chi connectivity index (χ4n) is 2.14. The van der Waals surface area contributed by atoms with Crippen LogP contribution in [0.1, 0.15) is 36.1 Å². The highest BCUT2D eigenvalue weighted by Gasteiger charge is 2.09. The SMILES string of the molecule is COc1cccc([C@@H](C)NCc2cccc(C(F)F)c2)c1. The third-order valence-electron chi connectivity index (χ3n) is 3.41. The van der Waals surface area contributed by atoms with E-state index in [1.807, 2.05) is 37.3 Å². The fraction of sp³-hybridized carbons (Fsp3) is 0.294. The van der Waals surface area contributed by atoms with E-state index in [1.165, 1.54) is 12.1 Å². The Hall–Kier alpha value is -1.94. The predicted molar refractivity (Wildman–Crippen MR) is 79.6 cm³/mol. The molecule has 0 aromatic heterocycles. The number of hydrogen-bond donors (Lipinski definition) is 1. The van der Waals surface area contributed by atoms with Crippen molar-refractivity contribution in [2.75, 3.05) is 7.11 Å². The first-order chi connectivity index (χ1) is 10.1. The number of benzene rings is 2. The Balaban J connectivity index is 2.00. The van der Waals surface area contributed by atoms with Crippen molar-refractivity contribution in [3.63, 3.8) is 0 Å². The quantitative estimate of drug-likeness (QED) is 0.847. The van der Waals surface area contributed by atoms with Gasteiger partial charge in [-0.1, -0.05) is 30.3 Å². The number of rotatable bonds is 6. The van der Waals surface area contributed by atoms with E-state index in [1.54, 1.807) is 13.2 Å². The van der Waals surface area contributed by atoms with Crippen LogP contribution in [0.25, 0.3) is 0 Å². The van der Waals surface area contributed by atoms with Crippen LogP contribution in [0.15, 0.2) is 48.5 Å². The summed E-state index contributed by atoms with van der Waals surface area (Å²) in [6.07, 6.45) is -2.43. The highest BCUT2D eigenvalue weighted by molar-refractivity contribution is 5.30. The van der Waals surface area contributed by atoms with Crippen LogP contribution in [0.4, 0.5) is 8.78 Å². The minimum atomic E-state index is -2.43. The lowest BCUT2D eigenvalue weighted by molar-refractivity contribution is 0.151. The topological polar surface area (TPSA) is 21.3 Å². The molecule has 1 atom stereocenters. The van der Waals surface area contributed by atoms with Crippen molar-refractivity contribution in [3.8, 4) is 5.75 Å². The summed E-state index contributed by atoms with van der Waals surface area (Å²) in [5.74, 6) is 0.806. The number of nitrogens with one attached hydrogen (secondary N) is 1. The first-order valence-electron chi connectivity index (χ1n) is 6.84. The second kappa shape index (κ2) is 7.18. The van der Waals surface area contributed by atoms with E-state index in [2.05, 4.69) is 5.32 Å². The molecule has 2 aromatic carbocycles. The highest BCUT2D eigenvalue weighted by atomic mass is 19.3. The maximum absolute atomic E-state index is 12.7. The molecule has 0 aliphatic heterocycles. The Kier molecular flexibility index (Phi) is 5.28. The minimum Gasteiger partial charge on any atom is -0.497 e. The molecule has 0 fully saturated rings. The molecule has 0 unspecified atom stereocenters. The second-order valence-electron chi connectivity index (χ2n) is 4.92. The summed E-state index contributed by atoms with van der Waals surface area (Å²) in [6.45, 7) is 2.57. The normalized spacial score (nSPS) is 12.4. The molecule has 2 rings (SSSR count). The van der Waals surface area contributed by atoms with E-state index in [0.29, 0.717) is 6.54 Å². The number of methoxy groups -OCH3 is 1. The molecule has 2 nitrogen and oxygen atoms in total. The lowest BCUT2D eigenvalue weighted by atomic mass is 10.1. The van der Waals surface area contributed by atoms with Crippen molar-refractivity contribution in [1.82, 2.24) is 5.32 Å². The van der Waals surface area contributed by atoms with Crippen molar-refractivity contribution >= 4 is 0 Å². The Morgan fingerprint density at radius 2 is 1.76 bits per heavy atom. The van der Waals surface area contributed by atoms with Crippen LogP contribution in [0.2, 0.25) is 0 Å². The summed E-state index contributed by atoms with van der Waals surface area (Å²) in [5, 5.41) is 3.33. The molecule has 0 bridgehead atoms. The molecule has 112 valence electrons. The average molecular weight is 291 g/mol. The van der Waals surface area contributed by atoms with Gasteiger partial charge in [-0.25, -0.2) is 8.78 Å². The second-order valence-corrected chi connectivity index (χ2v) is 4.92. The molecule has 0 aliphatic rings. The lowest BCUT2D eigenvalue weighted by Gasteiger charge is -2.15. The monoisotopic (exact) mass is 291 g/mol. The Bertz CT molecular complexity index is 587. The van der Waals surface area contributed by atoms with Gasteiger partial charge in [0.2, 0.25) is 0 Å². The zero-order chi connectivity index (χ0) is 15.2. The molecule has 0 saturated carbocycles. The Morgan fingerprint density at radius 3 is 2.48 bits per heavy atom. The molecule has 1 N–H and O–H groups in total. The molecule has 4 heteroatoms. The van der Waals surface area contributed by atoms with Gasteiger partial charge in [-0.15, -0.1) is 0 Å². The largest absolute Gasteiger partial charge is 0.497 e. The van der Waals surface area contributed by atoms with E-state index >= 15 is 0 Å². The van der Waals surface area contributed by atoms with E-state index in [0.717, 1.165) is 16.9 Å². The van der Waals surface area contributed by atoms with E-state index in [4.69, 9.17) is 4.74 Å². The molecule has 0 heterocycles. The maximum atomic E-state index is 12.7. The Labute approximate surface area is 123 Å². The van der Waals surface area contributed by atoms with Crippen molar-refractivity contribution in [2.45, 2.75) is 25.9 Å². The molecular formula is C17H19F2NO. The van der Waals surface area contributed by atoms with E-state index in [-0.39, 0.29) is 11.6 Å². The third kappa shape index (κ3) is 4.26. The smallest absolute Gasteiger partial charge is 0.263 e. The zero-order valence-corrected chi connectivity index (χ0v) is 12.1. The van der Waals surface area contributed by atoms with Gasteiger partial charge in [0.25, 0.3) is 6.43 Å². The van der Waals surface area contributed by atoms with Gasteiger partial charge in [0, 0.05) is 18.2 Å². The number of ether oxygens (including phenoxy) is 1. The van der Waals surface area contributed by atoms with Gasteiger partial charge in [0.1, 0.15) is 5.75 Å². The van der Waals surface area contributed by atoms with Crippen LogP contribution < -0.4 is 10.1 Å². The summed E-state index contributed by atoms with van der Waals surface area (Å²) in [5.41, 5.74) is 2.00. The number of alkyl halides is 2. The summed E-state index contributed by atoms with van der Waals surface area (Å²) in [6, 6.07) is 14.4. The van der Waals surface area contributed by atoms with Gasteiger partial charge in [-0.2, -0.15) is 0 Å². The molecule has 0 radical (unpaired) electrons. The highest BCUT2D eigenvalue weighted by Crippen LogP contribution is 2.21. The van der Waals surface area contributed by atoms with Crippen molar-refractivity contribution in [2.24, 2.45) is 0 Å². The van der Waals surface area contributed by atoms with Crippen LogP contribution in [0.3, 0.4) is 0 Å². The summed E-state index contributed by atoms with van der Waals surface area (Å²) in [4.78, 5) is 0. The van der Waals surface area contributed by atoms with Gasteiger partial charge in [0.15, 0.2) is 0 Å². The van der Waals surface area contributed by atoms with Gasteiger partial charge < -0.3 is 10.1 Å². The van der Waals surface area contributed by atoms with Crippen LogP contribution in [0, 0.1) is 0 Å². The fourth-order valence-corrected chi connectivity index (χ4v) is 2.14. The standard InChI is InChI=1S/C17H19F2NO/c1-12(14-6-4-8-16(10-14)21-2)20-11-13-5-3-7-15(9-13)17(18)19/h3-10,12,17,20H,11H2,1-2H3/t12-/m1/s1. The van der Waals surface area contributed by atoms with E-state index in [9.17, 15) is 8.78 Å². The van der Waals surface area contributed by atoms with Gasteiger partial charge >= 0.3 is 0 Å².